The fraction of sp³-hybridized carbons (Fsp3) is 0.615. The fourth-order valence-corrected chi connectivity index (χ4v) is 3.25. The van der Waals surface area contributed by atoms with Crippen LogP contribution in [-0.4, -0.2) is 29.6 Å². The Balaban J connectivity index is 2.11. The first-order valence-corrected chi connectivity index (χ1v) is 8.03. The number of rotatable bonds is 3. The molecule has 1 unspecified atom stereocenters. The highest BCUT2D eigenvalue weighted by molar-refractivity contribution is 7.99. The maximum Gasteiger partial charge on any atom is 0.128 e. The largest absolute Gasteiger partial charge is 0.357 e. The second kappa shape index (κ2) is 6.64. The van der Waals surface area contributed by atoms with Gasteiger partial charge in [-0.3, -0.25) is 0 Å². The molecule has 0 saturated carbocycles. The van der Waals surface area contributed by atoms with Crippen LogP contribution in [0.25, 0.3) is 0 Å². The van der Waals surface area contributed by atoms with E-state index < -0.39 is 0 Å². The molecule has 1 saturated heterocycles. The zero-order valence-corrected chi connectivity index (χ0v) is 12.3. The predicted molar refractivity (Wildman–Crippen MR) is 80.5 cm³/mol. The van der Waals surface area contributed by atoms with Crippen LogP contribution >= 0.6 is 23.4 Å². The van der Waals surface area contributed by atoms with Crippen molar-refractivity contribution in [1.82, 2.24) is 4.98 Å². The monoisotopic (exact) mass is 285 g/mol. The lowest BCUT2D eigenvalue weighted by Gasteiger charge is -2.22. The molecule has 1 aromatic rings. The molecular formula is C13H20ClN3S. The Labute approximate surface area is 118 Å². The van der Waals surface area contributed by atoms with Gasteiger partial charge in [0.15, 0.2) is 0 Å². The number of halogens is 1. The Morgan fingerprint density at radius 1 is 1.50 bits per heavy atom. The van der Waals surface area contributed by atoms with E-state index in [9.17, 15) is 0 Å². The summed E-state index contributed by atoms with van der Waals surface area (Å²) >= 11 is 8.03. The summed E-state index contributed by atoms with van der Waals surface area (Å²) < 4.78 is 0. The molecule has 1 aliphatic heterocycles. The third-order valence-corrected chi connectivity index (χ3v) is 4.95. The summed E-state index contributed by atoms with van der Waals surface area (Å²) in [6.07, 6.45) is 7.68. The molecule has 1 atom stereocenters. The van der Waals surface area contributed by atoms with Crippen molar-refractivity contribution in [3.63, 3.8) is 0 Å². The molecule has 2 N–H and O–H groups in total. The van der Waals surface area contributed by atoms with Crippen LogP contribution in [0.15, 0.2) is 12.3 Å². The van der Waals surface area contributed by atoms with Crippen LogP contribution in [-0.2, 0) is 6.54 Å². The Bertz CT molecular complexity index is 400. The first-order chi connectivity index (χ1) is 8.74. The third-order valence-electron chi connectivity index (χ3n) is 3.47. The van der Waals surface area contributed by atoms with Crippen LogP contribution in [0.5, 0.6) is 0 Å². The quantitative estimate of drug-likeness (QED) is 0.927. The zero-order chi connectivity index (χ0) is 13.0. The van der Waals surface area contributed by atoms with Crippen LogP contribution in [0.1, 0.15) is 24.8 Å². The average molecular weight is 286 g/mol. The van der Waals surface area contributed by atoms with Gasteiger partial charge in [-0.15, -0.1) is 0 Å². The Kier molecular flexibility index (Phi) is 5.15. The minimum absolute atomic E-state index is 0.468. The molecule has 2 heterocycles. The first-order valence-electron chi connectivity index (χ1n) is 6.37. The lowest BCUT2D eigenvalue weighted by Crippen LogP contribution is -2.25. The van der Waals surface area contributed by atoms with Gasteiger partial charge in [-0.1, -0.05) is 11.6 Å². The zero-order valence-electron chi connectivity index (χ0n) is 10.7. The fourth-order valence-electron chi connectivity index (χ4n) is 2.33. The van der Waals surface area contributed by atoms with E-state index in [-0.39, 0.29) is 0 Å². The van der Waals surface area contributed by atoms with Crippen LogP contribution < -0.4 is 10.6 Å². The van der Waals surface area contributed by atoms with Crippen molar-refractivity contribution in [2.75, 3.05) is 24.2 Å². The Morgan fingerprint density at radius 2 is 2.33 bits per heavy atom. The normalized spacial score (nSPS) is 20.8. The summed E-state index contributed by atoms with van der Waals surface area (Å²) in [6, 6.07) is 2.03. The van der Waals surface area contributed by atoms with Gasteiger partial charge in [-0.2, -0.15) is 11.8 Å². The van der Waals surface area contributed by atoms with Crippen LogP contribution in [0, 0.1) is 0 Å². The lowest BCUT2D eigenvalue weighted by molar-refractivity contribution is 0.745. The van der Waals surface area contributed by atoms with Gasteiger partial charge in [-0.25, -0.2) is 4.98 Å². The molecule has 0 amide bonds. The molecule has 0 bridgehead atoms. The molecule has 1 fully saturated rings. The van der Waals surface area contributed by atoms with Crippen molar-refractivity contribution in [3.05, 3.63) is 22.8 Å². The maximum absolute atomic E-state index is 6.05. The average Bonchev–Trinajstić information content (AvgIpc) is 2.64. The summed E-state index contributed by atoms with van der Waals surface area (Å²) in [5.41, 5.74) is 6.67. The summed E-state index contributed by atoms with van der Waals surface area (Å²) in [6.45, 7) is 2.62. The molecule has 3 nitrogen and oxygen atoms in total. The van der Waals surface area contributed by atoms with Gasteiger partial charge in [0, 0.05) is 31.1 Å². The number of anilines is 1. The number of hydrogen-bond donors (Lipinski definition) is 1. The van der Waals surface area contributed by atoms with Gasteiger partial charge >= 0.3 is 0 Å². The van der Waals surface area contributed by atoms with Crippen molar-refractivity contribution in [3.8, 4) is 0 Å². The Hall–Kier alpha value is -0.450. The summed E-state index contributed by atoms with van der Waals surface area (Å²) in [5, 5.41) is 1.45. The molecule has 0 aliphatic carbocycles. The van der Waals surface area contributed by atoms with Crippen molar-refractivity contribution in [2.24, 2.45) is 5.73 Å². The van der Waals surface area contributed by atoms with Gasteiger partial charge in [0.1, 0.15) is 5.82 Å². The molecule has 1 aromatic heterocycles. The highest BCUT2D eigenvalue weighted by Gasteiger charge is 2.17. The minimum atomic E-state index is 0.468. The number of nitrogens with zero attached hydrogens (tertiary/aromatic N) is 2. The minimum Gasteiger partial charge on any atom is -0.357 e. The number of nitrogens with two attached hydrogens (primary N) is 1. The second-order valence-corrected chi connectivity index (χ2v) is 6.16. The van der Waals surface area contributed by atoms with Crippen molar-refractivity contribution in [2.45, 2.75) is 31.1 Å². The molecule has 0 radical (unpaired) electrons. The number of pyridine rings is 1. The maximum atomic E-state index is 6.05. The molecular weight excluding hydrogens is 266 g/mol. The Morgan fingerprint density at radius 3 is 3.06 bits per heavy atom. The van der Waals surface area contributed by atoms with E-state index in [4.69, 9.17) is 17.3 Å². The summed E-state index contributed by atoms with van der Waals surface area (Å²) in [4.78, 5) is 6.79. The molecule has 2 rings (SSSR count). The number of aromatic nitrogens is 1. The molecule has 18 heavy (non-hydrogen) atoms. The predicted octanol–water partition coefficient (Wildman–Crippen LogP) is 2.92. The molecule has 1 aliphatic rings. The van der Waals surface area contributed by atoms with E-state index in [1.807, 2.05) is 17.8 Å². The van der Waals surface area contributed by atoms with E-state index in [2.05, 4.69) is 16.1 Å². The van der Waals surface area contributed by atoms with E-state index in [1.165, 1.54) is 19.3 Å². The summed E-state index contributed by atoms with van der Waals surface area (Å²) in [7, 11) is 0. The molecule has 5 heteroatoms. The van der Waals surface area contributed by atoms with Crippen LogP contribution in [0.2, 0.25) is 5.02 Å². The number of thioether (sulfide) groups is 1. The van der Waals surface area contributed by atoms with Gasteiger partial charge in [0.05, 0.1) is 5.02 Å². The topological polar surface area (TPSA) is 42.1 Å². The van der Waals surface area contributed by atoms with Crippen molar-refractivity contribution < 1.29 is 0 Å². The van der Waals surface area contributed by atoms with Crippen LogP contribution in [0.4, 0.5) is 5.82 Å². The van der Waals surface area contributed by atoms with E-state index >= 15 is 0 Å². The standard InChI is InChI=1S/C13H20ClN3S/c1-18-11-3-2-5-17(6-4-11)13-7-10(8-15)12(14)9-16-13/h7,9,11H,2-6,8,15H2,1H3. The first kappa shape index (κ1) is 14.0. The van der Waals surface area contributed by atoms with Gasteiger partial charge in [0.2, 0.25) is 0 Å². The highest BCUT2D eigenvalue weighted by atomic mass is 35.5. The van der Waals surface area contributed by atoms with Gasteiger partial charge in [-0.05, 0) is 37.1 Å². The van der Waals surface area contributed by atoms with Crippen molar-refractivity contribution in [1.29, 1.82) is 0 Å². The van der Waals surface area contributed by atoms with Crippen LogP contribution in [0.3, 0.4) is 0 Å². The molecule has 0 spiro atoms. The van der Waals surface area contributed by atoms with Gasteiger partial charge in [0.25, 0.3) is 0 Å². The van der Waals surface area contributed by atoms with Gasteiger partial charge < -0.3 is 10.6 Å². The third kappa shape index (κ3) is 3.31. The van der Waals surface area contributed by atoms with E-state index in [0.29, 0.717) is 11.6 Å². The second-order valence-electron chi connectivity index (χ2n) is 4.61. The van der Waals surface area contributed by atoms with Crippen molar-refractivity contribution >= 4 is 29.2 Å². The summed E-state index contributed by atoms with van der Waals surface area (Å²) in [5.74, 6) is 1.02. The van der Waals surface area contributed by atoms with E-state index in [0.717, 1.165) is 29.7 Å². The molecule has 100 valence electrons. The lowest BCUT2D eigenvalue weighted by atomic mass is 10.2. The molecule has 0 aromatic carbocycles. The van der Waals surface area contributed by atoms with E-state index in [1.54, 1.807) is 6.20 Å². The SMILES string of the molecule is CSC1CCCN(c2cc(CN)c(Cl)cn2)CC1. The highest BCUT2D eigenvalue weighted by Crippen LogP contribution is 2.25. The smallest absolute Gasteiger partial charge is 0.128 e. The number of hydrogen-bond acceptors (Lipinski definition) is 4.